The predicted octanol–water partition coefficient (Wildman–Crippen LogP) is 4.01. The van der Waals surface area contributed by atoms with Gasteiger partial charge < -0.3 is 15.2 Å². The van der Waals surface area contributed by atoms with E-state index in [9.17, 15) is 9.90 Å². The number of amides is 1. The Morgan fingerprint density at radius 2 is 2.00 bits per heavy atom. The molecule has 36 heavy (non-hydrogen) atoms. The Labute approximate surface area is 211 Å². The summed E-state index contributed by atoms with van der Waals surface area (Å²) >= 11 is 0. The molecule has 1 aliphatic carbocycles. The molecule has 4 atom stereocenters. The number of piperidine rings is 1. The lowest BCUT2D eigenvalue weighted by Crippen LogP contribution is -2.56. The van der Waals surface area contributed by atoms with Crippen molar-refractivity contribution in [1.29, 1.82) is 0 Å². The Balaban J connectivity index is 1.15. The quantitative estimate of drug-likeness (QED) is 0.567. The van der Waals surface area contributed by atoms with Crippen LogP contribution in [0.2, 0.25) is 0 Å². The summed E-state index contributed by atoms with van der Waals surface area (Å²) in [6, 6.07) is 12.3. The Hall–Kier alpha value is -2.87. The predicted molar refractivity (Wildman–Crippen MR) is 139 cm³/mol. The van der Waals surface area contributed by atoms with Crippen molar-refractivity contribution in [2.45, 2.75) is 56.6 Å². The van der Waals surface area contributed by atoms with Crippen LogP contribution in [0.15, 0.2) is 48.8 Å². The molecule has 3 fully saturated rings. The van der Waals surface area contributed by atoms with Crippen LogP contribution in [0.25, 0.3) is 10.8 Å². The zero-order chi connectivity index (χ0) is 24.9. The van der Waals surface area contributed by atoms with E-state index in [0.717, 1.165) is 48.8 Å². The van der Waals surface area contributed by atoms with Gasteiger partial charge in [-0.15, -0.1) is 0 Å². The van der Waals surface area contributed by atoms with Gasteiger partial charge in [-0.05, 0) is 92.9 Å². The van der Waals surface area contributed by atoms with Gasteiger partial charge in [0.15, 0.2) is 0 Å². The van der Waals surface area contributed by atoms with E-state index in [4.69, 9.17) is 4.74 Å². The number of carbonyl (C=O) groups excluding carboxylic acids is 1. The molecular weight excluding hydrogens is 452 g/mol. The normalized spacial score (nSPS) is 28.9. The van der Waals surface area contributed by atoms with E-state index < -0.39 is 6.10 Å². The second kappa shape index (κ2) is 9.21. The van der Waals surface area contributed by atoms with E-state index in [1.54, 1.807) is 6.20 Å². The number of ether oxygens (including phenoxy) is 1. The van der Waals surface area contributed by atoms with Gasteiger partial charge in [-0.1, -0.05) is 12.1 Å². The van der Waals surface area contributed by atoms with Crippen LogP contribution in [0.1, 0.15) is 54.8 Å². The van der Waals surface area contributed by atoms with Crippen molar-refractivity contribution >= 4 is 22.5 Å². The van der Waals surface area contributed by atoms with Gasteiger partial charge in [0.25, 0.3) is 0 Å². The molecule has 3 aromatic rings. The summed E-state index contributed by atoms with van der Waals surface area (Å²) in [6.07, 6.45) is 6.16. The number of nitrogens with zero attached hydrogens (tertiary/aromatic N) is 3. The number of rotatable bonds is 5. The lowest BCUT2D eigenvalue weighted by molar-refractivity contribution is -0.117. The van der Waals surface area contributed by atoms with Crippen molar-refractivity contribution in [3.8, 4) is 0 Å². The zero-order valence-electron chi connectivity index (χ0n) is 21.0. The standard InChI is InChI=1S/C29H34N4O3/c1-18-11-21-15-31-27(32-28(35)24-14-23(24)25-5-3-4-8-30-25)13-20(21)12-22(18)19-6-9-33(10-7-19)29(2)17-36-16-26(29)34/h3-5,8,11-13,15,19,23-24,26,34H,6-7,9-10,14,16-17H2,1-2H3,(H,31,32,35)/t23-,24-,26+,29-/m1/s1. The highest BCUT2D eigenvalue weighted by Gasteiger charge is 2.46. The van der Waals surface area contributed by atoms with Gasteiger partial charge >= 0.3 is 0 Å². The van der Waals surface area contributed by atoms with Crippen LogP contribution in [0.4, 0.5) is 5.82 Å². The number of pyridine rings is 2. The average molecular weight is 487 g/mol. The first-order valence-corrected chi connectivity index (χ1v) is 13.1. The number of anilines is 1. The first-order valence-electron chi connectivity index (χ1n) is 13.1. The summed E-state index contributed by atoms with van der Waals surface area (Å²) in [6.45, 7) is 7.23. The van der Waals surface area contributed by atoms with Gasteiger partial charge in [-0.3, -0.25) is 14.7 Å². The molecule has 6 rings (SSSR count). The van der Waals surface area contributed by atoms with Crippen LogP contribution >= 0.6 is 0 Å². The van der Waals surface area contributed by atoms with Crippen LogP contribution in [0, 0.1) is 12.8 Å². The summed E-state index contributed by atoms with van der Waals surface area (Å²) in [5.74, 6) is 1.26. The second-order valence-electron chi connectivity index (χ2n) is 11.0. The van der Waals surface area contributed by atoms with Crippen LogP contribution in [0.5, 0.6) is 0 Å². The summed E-state index contributed by atoms with van der Waals surface area (Å²) in [5.41, 5.74) is 3.36. The van der Waals surface area contributed by atoms with Crippen LogP contribution in [-0.2, 0) is 9.53 Å². The maximum atomic E-state index is 12.8. The molecule has 7 nitrogen and oxygen atoms in total. The summed E-state index contributed by atoms with van der Waals surface area (Å²) in [5, 5.41) is 15.7. The smallest absolute Gasteiger partial charge is 0.229 e. The van der Waals surface area contributed by atoms with E-state index in [0.29, 0.717) is 24.9 Å². The fourth-order valence-electron chi connectivity index (χ4n) is 6.12. The highest BCUT2D eigenvalue weighted by molar-refractivity contribution is 5.96. The van der Waals surface area contributed by atoms with E-state index in [2.05, 4.69) is 46.2 Å². The Morgan fingerprint density at radius 1 is 1.17 bits per heavy atom. The molecular formula is C29H34N4O3. The molecule has 0 radical (unpaired) electrons. The molecule has 7 heteroatoms. The summed E-state index contributed by atoms with van der Waals surface area (Å²) in [4.78, 5) is 24.2. The maximum Gasteiger partial charge on any atom is 0.229 e. The average Bonchev–Trinajstić information content (AvgIpc) is 3.63. The number of carbonyl (C=O) groups is 1. The first kappa shape index (κ1) is 23.5. The van der Waals surface area contributed by atoms with Crippen molar-refractivity contribution in [3.63, 3.8) is 0 Å². The highest BCUT2D eigenvalue weighted by atomic mass is 16.5. The first-order chi connectivity index (χ1) is 17.4. The number of aliphatic hydroxyl groups is 1. The zero-order valence-corrected chi connectivity index (χ0v) is 21.0. The maximum absolute atomic E-state index is 12.8. The largest absolute Gasteiger partial charge is 0.389 e. The molecule has 0 bridgehead atoms. The van der Waals surface area contributed by atoms with Gasteiger partial charge in [0.1, 0.15) is 5.82 Å². The topological polar surface area (TPSA) is 87.6 Å². The molecule has 1 amide bonds. The van der Waals surface area contributed by atoms with E-state index in [-0.39, 0.29) is 23.3 Å². The molecule has 2 saturated heterocycles. The van der Waals surface area contributed by atoms with E-state index in [1.807, 2.05) is 30.5 Å². The van der Waals surface area contributed by atoms with Crippen LogP contribution in [-0.4, -0.2) is 63.8 Å². The number of aryl methyl sites for hydroxylation is 1. The SMILES string of the molecule is Cc1cc2cnc(NC(=O)[C@@H]3C[C@H]3c3ccccn3)cc2cc1C1CCN([C@]2(C)COC[C@@H]2O)CC1. The Morgan fingerprint density at radius 3 is 2.72 bits per heavy atom. The molecule has 1 aromatic carbocycles. The summed E-state index contributed by atoms with van der Waals surface area (Å²) < 4.78 is 5.56. The third kappa shape index (κ3) is 4.29. The van der Waals surface area contributed by atoms with Gasteiger partial charge in [0.05, 0.1) is 24.9 Å². The molecule has 3 aliphatic rings. The summed E-state index contributed by atoms with van der Waals surface area (Å²) in [7, 11) is 0. The number of aromatic nitrogens is 2. The molecule has 4 heterocycles. The molecule has 0 unspecified atom stereocenters. The van der Waals surface area contributed by atoms with Crippen molar-refractivity contribution in [3.05, 3.63) is 65.6 Å². The van der Waals surface area contributed by atoms with Gasteiger partial charge in [0.2, 0.25) is 5.91 Å². The monoisotopic (exact) mass is 486 g/mol. The van der Waals surface area contributed by atoms with E-state index >= 15 is 0 Å². The van der Waals surface area contributed by atoms with Gasteiger partial charge in [-0.2, -0.15) is 0 Å². The Kier molecular flexibility index (Phi) is 6.02. The lowest BCUT2D eigenvalue weighted by atomic mass is 9.83. The fraction of sp³-hybridized carbons (Fsp3) is 0.483. The molecule has 188 valence electrons. The van der Waals surface area contributed by atoms with Crippen molar-refractivity contribution < 1.29 is 14.6 Å². The molecule has 2 aliphatic heterocycles. The van der Waals surface area contributed by atoms with Crippen LogP contribution < -0.4 is 5.32 Å². The minimum Gasteiger partial charge on any atom is -0.389 e. The lowest BCUT2D eigenvalue weighted by Gasteiger charge is -2.44. The third-order valence-corrected chi connectivity index (χ3v) is 8.60. The Bertz CT molecular complexity index is 1270. The minimum absolute atomic E-state index is 0.0174. The molecule has 2 N–H and O–H groups in total. The number of likely N-dealkylation sites (tertiary alicyclic amines) is 1. The van der Waals surface area contributed by atoms with Crippen molar-refractivity contribution in [2.75, 3.05) is 31.6 Å². The minimum atomic E-state index is -0.424. The number of aliphatic hydroxyl groups excluding tert-OH is 1. The highest BCUT2D eigenvalue weighted by Crippen LogP contribution is 2.47. The van der Waals surface area contributed by atoms with Gasteiger partial charge in [0, 0.05) is 35.3 Å². The van der Waals surface area contributed by atoms with Gasteiger partial charge in [-0.25, -0.2) is 4.98 Å². The number of nitrogens with one attached hydrogen (secondary N) is 1. The van der Waals surface area contributed by atoms with E-state index in [1.165, 1.54) is 11.1 Å². The molecule has 2 aromatic heterocycles. The number of hydrogen-bond acceptors (Lipinski definition) is 6. The third-order valence-electron chi connectivity index (χ3n) is 8.60. The number of hydrogen-bond donors (Lipinski definition) is 2. The molecule has 1 saturated carbocycles. The fourth-order valence-corrected chi connectivity index (χ4v) is 6.12. The second-order valence-corrected chi connectivity index (χ2v) is 11.0. The van der Waals surface area contributed by atoms with Crippen molar-refractivity contribution in [1.82, 2.24) is 14.9 Å². The van der Waals surface area contributed by atoms with Crippen molar-refractivity contribution in [2.24, 2.45) is 5.92 Å². The van der Waals surface area contributed by atoms with Crippen LogP contribution in [0.3, 0.4) is 0 Å². The molecule has 0 spiro atoms. The number of benzene rings is 1. The number of fused-ring (bicyclic) bond motifs is 1.